The minimum Gasteiger partial charge on any atom is -0.393 e. The van der Waals surface area contributed by atoms with Crippen molar-refractivity contribution in [3.63, 3.8) is 0 Å². The van der Waals surface area contributed by atoms with Gasteiger partial charge in [-0.15, -0.1) is 0 Å². The Morgan fingerprint density at radius 2 is 1.71 bits per heavy atom. The summed E-state index contributed by atoms with van der Waals surface area (Å²) in [6.07, 6.45) is 4.79. The maximum Gasteiger partial charge on any atom is 0.138 e. The monoisotopic (exact) mass is 454 g/mol. The van der Waals surface area contributed by atoms with Crippen molar-refractivity contribution < 1.29 is 10.2 Å². The smallest absolute Gasteiger partial charge is 0.138 e. The number of aliphatic hydroxyl groups is 2. The molecule has 1 aliphatic rings. The molecule has 2 heterocycles. The fourth-order valence-electron chi connectivity index (χ4n) is 4.50. The van der Waals surface area contributed by atoms with Crippen molar-refractivity contribution in [1.29, 1.82) is 5.26 Å². The first-order valence-electron chi connectivity index (χ1n) is 11.7. The summed E-state index contributed by atoms with van der Waals surface area (Å²) in [6, 6.07) is 18.7. The van der Waals surface area contributed by atoms with Crippen LogP contribution in [0.4, 0.5) is 0 Å². The average molecular weight is 455 g/mol. The van der Waals surface area contributed by atoms with Gasteiger partial charge in [0.25, 0.3) is 0 Å². The second-order valence-corrected chi connectivity index (χ2v) is 8.74. The Kier molecular flexibility index (Phi) is 7.77. The number of aromatic nitrogens is 2. The van der Waals surface area contributed by atoms with Crippen molar-refractivity contribution >= 4 is 0 Å². The van der Waals surface area contributed by atoms with E-state index in [9.17, 15) is 10.2 Å². The van der Waals surface area contributed by atoms with Gasteiger partial charge in [0.2, 0.25) is 0 Å². The Morgan fingerprint density at radius 3 is 2.29 bits per heavy atom. The predicted octanol–water partition coefficient (Wildman–Crippen LogP) is 3.89. The van der Waals surface area contributed by atoms with Gasteiger partial charge < -0.3 is 14.8 Å². The molecule has 1 aromatic heterocycles. The van der Waals surface area contributed by atoms with Crippen molar-refractivity contribution in [2.45, 2.75) is 37.8 Å². The van der Waals surface area contributed by atoms with Crippen LogP contribution in [-0.4, -0.2) is 50.9 Å². The lowest BCUT2D eigenvalue weighted by molar-refractivity contribution is 0.176. The van der Waals surface area contributed by atoms with Gasteiger partial charge in [-0.1, -0.05) is 48.2 Å². The molecule has 0 spiro atoms. The number of imidazole rings is 1. The lowest BCUT2D eigenvalue weighted by atomic mass is 9.88. The van der Waals surface area contributed by atoms with E-state index in [4.69, 9.17) is 5.26 Å². The molecule has 0 bridgehead atoms. The zero-order valence-electron chi connectivity index (χ0n) is 19.4. The van der Waals surface area contributed by atoms with Crippen molar-refractivity contribution in [3.8, 4) is 29.0 Å². The average Bonchev–Trinajstić information content (AvgIpc) is 3.36. The molecule has 2 N–H and O–H groups in total. The topological polar surface area (TPSA) is 85.3 Å². The third-order valence-electron chi connectivity index (χ3n) is 6.45. The van der Waals surface area contributed by atoms with Crippen LogP contribution in [0.5, 0.6) is 0 Å². The molecule has 1 saturated heterocycles. The van der Waals surface area contributed by atoms with E-state index in [0.717, 1.165) is 37.1 Å². The van der Waals surface area contributed by atoms with Crippen LogP contribution in [0.25, 0.3) is 11.1 Å². The molecular weight excluding hydrogens is 424 g/mol. The van der Waals surface area contributed by atoms with E-state index in [0.29, 0.717) is 18.3 Å². The van der Waals surface area contributed by atoms with Gasteiger partial charge in [0.1, 0.15) is 18.0 Å². The molecule has 2 atom stereocenters. The van der Waals surface area contributed by atoms with Crippen LogP contribution in [0.15, 0.2) is 60.9 Å². The largest absolute Gasteiger partial charge is 0.393 e. The fraction of sp³-hybridized carbons (Fsp3) is 0.357. The molecule has 1 aliphatic heterocycles. The quantitative estimate of drug-likeness (QED) is 0.436. The second-order valence-electron chi connectivity index (χ2n) is 8.74. The van der Waals surface area contributed by atoms with E-state index in [2.05, 4.69) is 64.2 Å². The van der Waals surface area contributed by atoms with Gasteiger partial charge in [-0.3, -0.25) is 4.90 Å². The molecule has 2 aromatic carbocycles. The zero-order valence-corrected chi connectivity index (χ0v) is 19.4. The van der Waals surface area contributed by atoms with E-state index in [1.807, 2.05) is 12.1 Å². The van der Waals surface area contributed by atoms with E-state index >= 15 is 0 Å². The molecule has 0 saturated carbocycles. The first kappa shape index (κ1) is 23.7. The van der Waals surface area contributed by atoms with Crippen LogP contribution in [0.3, 0.4) is 0 Å². The molecule has 4 rings (SSSR count). The van der Waals surface area contributed by atoms with E-state index in [1.54, 1.807) is 23.9 Å². The highest BCUT2D eigenvalue weighted by Crippen LogP contribution is 2.30. The number of piperidine rings is 1. The normalized spacial score (nSPS) is 16.3. The first-order valence-corrected chi connectivity index (χ1v) is 11.7. The Morgan fingerprint density at radius 1 is 1.06 bits per heavy atom. The minimum absolute atomic E-state index is 0.162. The van der Waals surface area contributed by atoms with Crippen molar-refractivity contribution in [3.05, 3.63) is 77.9 Å². The van der Waals surface area contributed by atoms with Gasteiger partial charge in [-0.2, -0.15) is 5.26 Å². The first-order chi connectivity index (χ1) is 16.6. The molecule has 6 heteroatoms. The number of nitrogens with zero attached hydrogens (tertiary/aromatic N) is 4. The van der Waals surface area contributed by atoms with Crippen LogP contribution >= 0.6 is 0 Å². The third-order valence-corrected chi connectivity index (χ3v) is 6.45. The minimum atomic E-state index is -0.729. The summed E-state index contributed by atoms with van der Waals surface area (Å²) < 4.78 is 1.71. The van der Waals surface area contributed by atoms with E-state index in [1.165, 1.54) is 11.1 Å². The fourth-order valence-corrected chi connectivity index (χ4v) is 4.50. The number of aliphatic hydroxyl groups excluding tert-OH is 2. The lowest BCUT2D eigenvalue weighted by Gasteiger charge is -2.30. The van der Waals surface area contributed by atoms with Gasteiger partial charge in [-0.25, -0.2) is 4.98 Å². The van der Waals surface area contributed by atoms with Crippen LogP contribution in [0.1, 0.15) is 54.8 Å². The van der Waals surface area contributed by atoms with Gasteiger partial charge in [0.15, 0.2) is 0 Å². The summed E-state index contributed by atoms with van der Waals surface area (Å²) >= 11 is 0. The van der Waals surface area contributed by atoms with Crippen LogP contribution in [0, 0.1) is 23.2 Å². The summed E-state index contributed by atoms with van der Waals surface area (Å²) in [7, 11) is 0. The molecule has 6 nitrogen and oxygen atoms in total. The van der Waals surface area contributed by atoms with Crippen LogP contribution < -0.4 is 0 Å². The number of hydrogen-bond donors (Lipinski definition) is 2. The molecule has 174 valence electrons. The molecule has 1 fully saturated rings. The van der Waals surface area contributed by atoms with Crippen LogP contribution in [-0.2, 0) is 0 Å². The van der Waals surface area contributed by atoms with E-state index in [-0.39, 0.29) is 6.61 Å². The number of nitriles is 1. The molecule has 0 amide bonds. The maximum atomic E-state index is 9.86. The Labute approximate surface area is 201 Å². The third kappa shape index (κ3) is 5.55. The SMILES string of the molecule is C[C@H](O)c1nccn1[C@@H](C#Cc1ccc(-c2ccc(C3CCN(CC#N)CC3)cc2)cc1)CO. The number of likely N-dealkylation sites (tertiary alicyclic amines) is 1. The number of rotatable bonds is 6. The van der Waals surface area contributed by atoms with Crippen LogP contribution in [0.2, 0.25) is 0 Å². The number of benzene rings is 2. The molecular formula is C28H30N4O2. The Balaban J connectivity index is 1.41. The predicted molar refractivity (Wildman–Crippen MR) is 132 cm³/mol. The summed E-state index contributed by atoms with van der Waals surface area (Å²) in [4.78, 5) is 6.37. The van der Waals surface area contributed by atoms with Gasteiger partial charge in [0, 0.05) is 18.0 Å². The molecule has 3 aromatic rings. The summed E-state index contributed by atoms with van der Waals surface area (Å²) in [5, 5.41) is 28.5. The van der Waals surface area contributed by atoms with Crippen molar-refractivity contribution in [2.24, 2.45) is 0 Å². The zero-order chi connectivity index (χ0) is 23.9. The molecule has 0 aliphatic carbocycles. The van der Waals surface area contributed by atoms with Gasteiger partial charge in [0.05, 0.1) is 19.2 Å². The molecule has 0 unspecified atom stereocenters. The maximum absolute atomic E-state index is 9.86. The summed E-state index contributed by atoms with van der Waals surface area (Å²) in [5.41, 5.74) is 4.53. The molecule has 34 heavy (non-hydrogen) atoms. The summed E-state index contributed by atoms with van der Waals surface area (Å²) in [6.45, 7) is 3.98. The van der Waals surface area contributed by atoms with Crippen molar-refractivity contribution in [1.82, 2.24) is 14.5 Å². The second kappa shape index (κ2) is 11.1. The van der Waals surface area contributed by atoms with Gasteiger partial charge >= 0.3 is 0 Å². The Bertz CT molecular complexity index is 1170. The van der Waals surface area contributed by atoms with Gasteiger partial charge in [-0.05, 0) is 67.6 Å². The highest BCUT2D eigenvalue weighted by atomic mass is 16.3. The highest BCUT2D eigenvalue weighted by molar-refractivity contribution is 5.64. The Hall–Kier alpha value is -3.42. The van der Waals surface area contributed by atoms with E-state index < -0.39 is 12.1 Å². The van der Waals surface area contributed by atoms with Crippen molar-refractivity contribution in [2.75, 3.05) is 26.2 Å². The summed E-state index contributed by atoms with van der Waals surface area (Å²) in [5.74, 6) is 7.26. The molecule has 0 radical (unpaired) electrons. The lowest BCUT2D eigenvalue weighted by Crippen LogP contribution is -2.33. The highest BCUT2D eigenvalue weighted by Gasteiger charge is 2.20. The standard InChI is InChI=1S/C28H30N4O2/c1-21(34)28-30-15-19-32(28)27(20-33)11-4-22-2-5-23(6-3-22)24-7-9-25(10-8-24)26-12-16-31(17-13-26)18-14-29/h2-3,5-10,15,19,21,26-27,33-34H,12-13,16-18,20H2,1H3/t21-,27-/m0/s1. The number of hydrogen-bond acceptors (Lipinski definition) is 5.